The monoisotopic (exact) mass is 676 g/mol. The third-order valence-electron chi connectivity index (χ3n) is 10.3. The number of carboxylic acids is 1. The second kappa shape index (κ2) is 11.0. The predicted octanol–water partition coefficient (Wildman–Crippen LogP) is 3.19. The van der Waals surface area contributed by atoms with E-state index in [1.165, 1.54) is 14.0 Å². The van der Waals surface area contributed by atoms with Gasteiger partial charge in [-0.05, 0) is 31.9 Å². The zero-order valence-corrected chi connectivity index (χ0v) is 26.9. The molecule has 2 bridgehead atoms. The van der Waals surface area contributed by atoms with Crippen LogP contribution in [-0.2, 0) is 45.4 Å². The lowest BCUT2D eigenvalue weighted by Gasteiger charge is -2.39. The number of phenolic OH excluding ortho intramolecular Hbond substituents is 3. The lowest BCUT2D eigenvalue weighted by atomic mass is 9.73. The molecule has 4 N–H and O–H groups in total. The Kier molecular flexibility index (Phi) is 7.27. The van der Waals surface area contributed by atoms with Gasteiger partial charge in [-0.2, -0.15) is 0 Å². The van der Waals surface area contributed by atoms with Crippen LogP contribution in [0.3, 0.4) is 0 Å². The largest absolute Gasteiger partial charge is 0.507 e. The molecule has 0 aromatic heterocycles. The molecule has 3 aliphatic carbocycles. The molecule has 2 aliphatic heterocycles. The molecule has 14 heteroatoms. The molecule has 2 aromatic rings. The number of aromatic hydroxyl groups is 3. The lowest BCUT2D eigenvalue weighted by molar-refractivity contribution is -0.154. The zero-order chi connectivity index (χ0) is 35.4. The van der Waals surface area contributed by atoms with Gasteiger partial charge in [0.25, 0.3) is 0 Å². The molecule has 49 heavy (non-hydrogen) atoms. The summed E-state index contributed by atoms with van der Waals surface area (Å²) in [5.41, 5.74) is -3.27. The van der Waals surface area contributed by atoms with Crippen LogP contribution < -0.4 is 0 Å². The van der Waals surface area contributed by atoms with E-state index in [0.717, 1.165) is 6.92 Å². The molecule has 0 saturated heterocycles. The van der Waals surface area contributed by atoms with Gasteiger partial charge < -0.3 is 39.4 Å². The number of esters is 2. The number of carboxylic acid groups (broad SMARTS) is 1. The summed E-state index contributed by atoms with van der Waals surface area (Å²) in [5, 5.41) is 44.9. The molecule has 5 aliphatic rings. The molecule has 0 radical (unpaired) electrons. The van der Waals surface area contributed by atoms with E-state index in [4.69, 9.17) is 18.9 Å². The van der Waals surface area contributed by atoms with E-state index in [2.05, 4.69) is 0 Å². The van der Waals surface area contributed by atoms with Crippen molar-refractivity contribution in [3.05, 3.63) is 61.7 Å². The fraction of sp³-hybridized carbons (Fsp3) is 0.429. The third-order valence-corrected chi connectivity index (χ3v) is 10.3. The number of aliphatic carboxylic acids is 1. The van der Waals surface area contributed by atoms with Crippen LogP contribution in [0, 0.1) is 0 Å². The lowest BCUT2D eigenvalue weighted by Crippen LogP contribution is -2.39. The minimum Gasteiger partial charge on any atom is -0.507 e. The highest BCUT2D eigenvalue weighted by molar-refractivity contribution is 6.30. The Bertz CT molecular complexity index is 1990. The van der Waals surface area contributed by atoms with Gasteiger partial charge in [-0.25, -0.2) is 0 Å². The van der Waals surface area contributed by atoms with E-state index in [-0.39, 0.29) is 64.6 Å². The summed E-state index contributed by atoms with van der Waals surface area (Å²) in [6.07, 6.45) is -4.45. The van der Waals surface area contributed by atoms with Gasteiger partial charge in [0.15, 0.2) is 23.0 Å². The highest BCUT2D eigenvalue weighted by atomic mass is 16.6. The fourth-order valence-corrected chi connectivity index (χ4v) is 8.55. The first-order valence-corrected chi connectivity index (χ1v) is 15.8. The van der Waals surface area contributed by atoms with E-state index in [1.54, 1.807) is 13.0 Å². The van der Waals surface area contributed by atoms with Crippen LogP contribution in [0.1, 0.15) is 117 Å². The van der Waals surface area contributed by atoms with Crippen LogP contribution in [-0.4, -0.2) is 81.1 Å². The van der Waals surface area contributed by atoms with Gasteiger partial charge in [0.05, 0.1) is 72.5 Å². The number of phenols is 3. The Hall–Kier alpha value is -5.08. The number of carbonyl (C=O) groups is 6. The number of hydrogen-bond donors (Lipinski definition) is 4. The molecule has 7 rings (SSSR count). The van der Waals surface area contributed by atoms with Crippen LogP contribution in [0.5, 0.6) is 17.2 Å². The van der Waals surface area contributed by atoms with Crippen molar-refractivity contribution in [2.75, 3.05) is 7.11 Å². The van der Waals surface area contributed by atoms with Crippen LogP contribution in [0.15, 0.2) is 17.2 Å². The molecule has 0 spiro atoms. The summed E-state index contributed by atoms with van der Waals surface area (Å²) in [7, 11) is 1.24. The van der Waals surface area contributed by atoms with Crippen molar-refractivity contribution in [3.8, 4) is 17.2 Å². The standard InChI is InChI=1S/C35H32O14/c1-11-22-14(5-15(47-11)9-21(39)46-4)6-19-25(31(22)42)30(41)18-10-35(19,49-13(3)36)28-24(18)33(44)27-26(34(28)45)29(40)17-7-16(8-20(37)38)48-12(2)23(17)32(27)43/h6,11-12,15-16,18,42,44-45H,5,7-10H2,1-4H3,(H,37,38)/t11-,12-,15+,16+,18+,35-/m0/s1. The van der Waals surface area contributed by atoms with Gasteiger partial charge in [-0.15, -0.1) is 0 Å². The van der Waals surface area contributed by atoms with Gasteiger partial charge in [-0.1, -0.05) is 0 Å². The van der Waals surface area contributed by atoms with E-state index < -0.39 is 106 Å². The number of methoxy groups -OCH3 is 1. The Morgan fingerprint density at radius 2 is 1.51 bits per heavy atom. The van der Waals surface area contributed by atoms with Crippen LogP contribution in [0.2, 0.25) is 0 Å². The van der Waals surface area contributed by atoms with Crippen LogP contribution in [0.25, 0.3) is 0 Å². The van der Waals surface area contributed by atoms with Crippen LogP contribution >= 0.6 is 0 Å². The minimum atomic E-state index is -2.00. The summed E-state index contributed by atoms with van der Waals surface area (Å²) >= 11 is 0. The number of hydrogen-bond acceptors (Lipinski definition) is 13. The van der Waals surface area contributed by atoms with E-state index in [9.17, 15) is 49.2 Å². The number of benzene rings is 2. The second-order valence-electron chi connectivity index (χ2n) is 13.1. The maximum atomic E-state index is 14.3. The summed E-state index contributed by atoms with van der Waals surface area (Å²) in [6, 6.07) is 1.54. The summed E-state index contributed by atoms with van der Waals surface area (Å²) < 4.78 is 22.4. The van der Waals surface area contributed by atoms with Gasteiger partial charge >= 0.3 is 17.9 Å². The van der Waals surface area contributed by atoms with Gasteiger partial charge in [0, 0.05) is 47.6 Å². The topological polar surface area (TPSA) is 220 Å². The molecule has 0 fully saturated rings. The minimum absolute atomic E-state index is 0.00443. The first-order chi connectivity index (χ1) is 23.1. The van der Waals surface area contributed by atoms with Crippen molar-refractivity contribution in [1.82, 2.24) is 0 Å². The average molecular weight is 677 g/mol. The predicted molar refractivity (Wildman–Crippen MR) is 163 cm³/mol. The molecule has 14 nitrogen and oxygen atoms in total. The summed E-state index contributed by atoms with van der Waals surface area (Å²) in [6.45, 7) is 4.21. The number of fused-ring (bicyclic) bond motifs is 9. The second-order valence-corrected chi connectivity index (χ2v) is 13.1. The molecule has 0 unspecified atom stereocenters. The number of Topliss-reactive ketones (excluding diaryl/α,β-unsaturated/α-hetero) is 3. The Balaban J connectivity index is 1.46. The van der Waals surface area contributed by atoms with Crippen molar-refractivity contribution in [1.29, 1.82) is 0 Å². The molecule has 0 saturated carbocycles. The van der Waals surface area contributed by atoms with E-state index in [1.807, 2.05) is 0 Å². The summed E-state index contributed by atoms with van der Waals surface area (Å²) in [5.74, 6) is -8.24. The van der Waals surface area contributed by atoms with Crippen molar-refractivity contribution >= 4 is 35.3 Å². The molecule has 0 amide bonds. The van der Waals surface area contributed by atoms with Crippen molar-refractivity contribution < 1.29 is 68.1 Å². The van der Waals surface area contributed by atoms with Gasteiger partial charge in [0.1, 0.15) is 17.2 Å². The van der Waals surface area contributed by atoms with Crippen molar-refractivity contribution in [3.63, 3.8) is 0 Å². The first kappa shape index (κ1) is 32.5. The van der Waals surface area contributed by atoms with Gasteiger partial charge in [-0.3, -0.25) is 28.8 Å². The molecule has 256 valence electrons. The number of carbonyl (C=O) groups excluding carboxylic acids is 5. The van der Waals surface area contributed by atoms with Crippen molar-refractivity contribution in [2.24, 2.45) is 0 Å². The number of ether oxygens (including phenoxy) is 4. The Morgan fingerprint density at radius 1 is 0.878 bits per heavy atom. The first-order valence-electron chi connectivity index (χ1n) is 15.8. The molecule has 6 atom stereocenters. The summed E-state index contributed by atoms with van der Waals surface area (Å²) in [4.78, 5) is 78.8. The average Bonchev–Trinajstić information content (AvgIpc) is 3.32. The molecule has 2 heterocycles. The number of rotatable bonds is 5. The van der Waals surface area contributed by atoms with E-state index in [0.29, 0.717) is 5.56 Å². The van der Waals surface area contributed by atoms with E-state index >= 15 is 0 Å². The number of ketones is 3. The molecular formula is C35H32O14. The smallest absolute Gasteiger partial charge is 0.308 e. The quantitative estimate of drug-likeness (QED) is 0.264. The third kappa shape index (κ3) is 4.46. The zero-order valence-electron chi connectivity index (χ0n) is 26.9. The maximum absolute atomic E-state index is 14.3. The maximum Gasteiger partial charge on any atom is 0.308 e. The van der Waals surface area contributed by atoms with Crippen molar-refractivity contribution in [2.45, 2.75) is 88.8 Å². The molecule has 2 aromatic carbocycles. The fourth-order valence-electron chi connectivity index (χ4n) is 8.55. The Labute approximate surface area is 278 Å². The van der Waals surface area contributed by atoms with Crippen LogP contribution in [0.4, 0.5) is 0 Å². The highest BCUT2D eigenvalue weighted by Crippen LogP contribution is 2.65. The highest BCUT2D eigenvalue weighted by Gasteiger charge is 2.61. The SMILES string of the molecule is COC(=O)C[C@H]1Cc2cc3c(c(O)c2[C@H](C)O1)C(=O)[C@@H]1C[C@@]3(OC(C)=O)c2c(O)c3c(c(O)c21)C(=O)C1=C(C[C@H](CC(=O)O)O[C@H]1C)C3=O. The molecular weight excluding hydrogens is 644 g/mol. The normalized spacial score (nSPS) is 27.8. The van der Waals surface area contributed by atoms with Gasteiger partial charge in [0.2, 0.25) is 0 Å². The Morgan fingerprint density at radius 3 is 2.16 bits per heavy atom.